The zero-order valence-electron chi connectivity index (χ0n) is 33.1. The van der Waals surface area contributed by atoms with Crippen LogP contribution in [0.25, 0.3) is 82.9 Å². The molecule has 0 amide bonds. The van der Waals surface area contributed by atoms with E-state index in [0.29, 0.717) is 11.4 Å². The topological polar surface area (TPSA) is 71.0 Å². The van der Waals surface area contributed by atoms with E-state index in [1.54, 1.807) is 0 Å². The molecular weight excluding hydrogens is 745 g/mol. The van der Waals surface area contributed by atoms with Gasteiger partial charge in [0.05, 0.1) is 33.5 Å². The first-order valence-electron chi connectivity index (χ1n) is 20.4. The van der Waals surface area contributed by atoms with Crippen LogP contribution in [0.4, 0.5) is 0 Å². The highest BCUT2D eigenvalue weighted by Crippen LogP contribution is 2.40. The number of para-hydroxylation sites is 3. The van der Waals surface area contributed by atoms with Gasteiger partial charge < -0.3 is 4.57 Å². The van der Waals surface area contributed by atoms with Gasteiger partial charge in [0, 0.05) is 49.5 Å². The van der Waals surface area contributed by atoms with Gasteiger partial charge in [0.25, 0.3) is 0 Å². The summed E-state index contributed by atoms with van der Waals surface area (Å²) in [7, 11) is 0. The molecule has 0 aliphatic heterocycles. The fourth-order valence-corrected chi connectivity index (χ4v) is 8.57. The maximum atomic E-state index is 9.51. The summed E-state index contributed by atoms with van der Waals surface area (Å²) < 4.78 is 4.50. The second-order valence-electron chi connectivity index (χ2n) is 15.1. The molecule has 0 spiro atoms. The number of hydrogen-bond acceptors (Lipinski definition) is 2. The monoisotopic (exact) mass is 782 g/mol. The summed E-state index contributed by atoms with van der Waals surface area (Å²) in [5.41, 5.74) is 16.5. The Morgan fingerprint density at radius 3 is 1.75 bits per heavy atom. The summed E-state index contributed by atoms with van der Waals surface area (Å²) in [6, 6.07) is 75.1. The van der Waals surface area contributed by atoms with E-state index >= 15 is 0 Å². The third kappa shape index (κ3) is 6.44. The summed E-state index contributed by atoms with van der Waals surface area (Å²) in [6.07, 6.45) is 0. The molecule has 0 saturated carbocycles. The van der Waals surface area contributed by atoms with Crippen molar-refractivity contribution in [2.75, 3.05) is 5.43 Å². The molecule has 6 nitrogen and oxygen atoms in total. The first-order valence-corrected chi connectivity index (χ1v) is 20.4. The number of fused-ring (bicyclic) bond motifs is 7. The van der Waals surface area contributed by atoms with Crippen molar-refractivity contribution in [1.29, 1.82) is 5.41 Å². The van der Waals surface area contributed by atoms with E-state index in [-0.39, 0.29) is 5.84 Å². The van der Waals surface area contributed by atoms with Gasteiger partial charge in [-0.3, -0.25) is 15.5 Å². The van der Waals surface area contributed by atoms with E-state index in [1.807, 2.05) is 72.8 Å². The number of rotatable bonds is 7. The molecule has 8 aromatic carbocycles. The Morgan fingerprint density at radius 1 is 0.443 bits per heavy atom. The molecule has 0 saturated heterocycles. The molecule has 0 unspecified atom stereocenters. The van der Waals surface area contributed by atoms with Crippen molar-refractivity contribution < 1.29 is 0 Å². The number of nitrogens with zero attached hydrogens (tertiary/aromatic N) is 4. The van der Waals surface area contributed by atoms with Crippen LogP contribution < -0.4 is 5.43 Å². The van der Waals surface area contributed by atoms with Gasteiger partial charge in [-0.1, -0.05) is 170 Å². The predicted molar refractivity (Wildman–Crippen MR) is 253 cm³/mol. The highest BCUT2D eigenvalue weighted by atomic mass is 15.4. The van der Waals surface area contributed by atoms with Crippen molar-refractivity contribution >= 4 is 55.3 Å². The standard InChI is InChI=1S/C55H38N6/c56-54(41-25-17-24-40(34-41)48-36-42(37-18-5-1-6-19-37)35-47(57-48)38-20-7-2-8-21-38)58-55(39-22-9-3-10-23-39)59-61-50-31-16-14-29-46(50)52-51(61)33-32-45-44-28-13-15-30-49(44)60(53(45)52)43-26-11-4-12-27-43/h1-36H,(H2,56,58,59). The lowest BCUT2D eigenvalue weighted by Gasteiger charge is -2.15. The lowest BCUT2D eigenvalue weighted by atomic mass is 9.99. The molecule has 0 aliphatic rings. The second-order valence-corrected chi connectivity index (χ2v) is 15.1. The van der Waals surface area contributed by atoms with Gasteiger partial charge in [-0.05, 0) is 59.7 Å². The van der Waals surface area contributed by atoms with Crippen molar-refractivity contribution in [1.82, 2.24) is 14.2 Å². The summed E-state index contributed by atoms with van der Waals surface area (Å²) in [5, 5.41) is 14.2. The first-order chi connectivity index (χ1) is 30.2. The average molecular weight is 783 g/mol. The minimum atomic E-state index is 0.128. The second kappa shape index (κ2) is 15.1. The van der Waals surface area contributed by atoms with Crippen molar-refractivity contribution in [3.05, 3.63) is 230 Å². The molecule has 11 aromatic rings. The minimum absolute atomic E-state index is 0.128. The smallest absolute Gasteiger partial charge is 0.154 e. The summed E-state index contributed by atoms with van der Waals surface area (Å²) in [6.45, 7) is 0. The van der Waals surface area contributed by atoms with Crippen LogP contribution in [-0.2, 0) is 0 Å². The lowest BCUT2D eigenvalue weighted by molar-refractivity contribution is 1.08. The van der Waals surface area contributed by atoms with E-state index < -0.39 is 0 Å². The largest absolute Gasteiger partial charge is 0.309 e. The molecule has 0 fully saturated rings. The molecule has 2 N–H and O–H groups in total. The average Bonchev–Trinajstić information content (AvgIpc) is 3.84. The van der Waals surface area contributed by atoms with Crippen LogP contribution in [0.3, 0.4) is 0 Å². The fraction of sp³-hybridized carbons (Fsp3) is 0. The highest BCUT2D eigenvalue weighted by Gasteiger charge is 2.21. The highest BCUT2D eigenvalue weighted by molar-refractivity contribution is 6.26. The van der Waals surface area contributed by atoms with E-state index in [0.717, 1.165) is 77.7 Å². The molecular formula is C55H38N6. The number of aliphatic imine (C=N–C) groups is 1. The normalized spacial score (nSPS) is 11.8. The molecule has 0 bridgehead atoms. The number of aromatic nitrogens is 3. The van der Waals surface area contributed by atoms with Gasteiger partial charge in [0.1, 0.15) is 0 Å². The quantitative estimate of drug-likeness (QED) is 0.125. The van der Waals surface area contributed by atoms with Gasteiger partial charge >= 0.3 is 0 Å². The maximum absolute atomic E-state index is 9.51. The Labute approximate surface area is 352 Å². The molecule has 3 heterocycles. The third-order valence-electron chi connectivity index (χ3n) is 11.4. The van der Waals surface area contributed by atoms with Crippen LogP contribution in [0.1, 0.15) is 11.1 Å². The van der Waals surface area contributed by atoms with Crippen molar-refractivity contribution in [2.45, 2.75) is 0 Å². The number of amidine groups is 2. The van der Waals surface area contributed by atoms with Crippen LogP contribution in [0.2, 0.25) is 0 Å². The van der Waals surface area contributed by atoms with Crippen molar-refractivity contribution in [3.8, 4) is 39.3 Å². The molecule has 6 heteroatoms. The molecule has 0 radical (unpaired) electrons. The Bertz CT molecular complexity index is 3380. The van der Waals surface area contributed by atoms with Crippen LogP contribution in [0, 0.1) is 5.41 Å². The maximum Gasteiger partial charge on any atom is 0.154 e. The Hall–Kier alpha value is -8.35. The van der Waals surface area contributed by atoms with Gasteiger partial charge in [0.15, 0.2) is 11.7 Å². The van der Waals surface area contributed by atoms with Gasteiger partial charge in [-0.2, -0.15) is 0 Å². The Balaban J connectivity index is 1.05. The zero-order chi connectivity index (χ0) is 40.7. The van der Waals surface area contributed by atoms with Gasteiger partial charge in [0.2, 0.25) is 0 Å². The summed E-state index contributed by atoms with van der Waals surface area (Å²) in [4.78, 5) is 10.2. The van der Waals surface area contributed by atoms with Crippen LogP contribution in [-0.4, -0.2) is 25.9 Å². The van der Waals surface area contributed by atoms with Gasteiger partial charge in [-0.25, -0.2) is 9.98 Å². The van der Waals surface area contributed by atoms with E-state index in [4.69, 9.17) is 9.98 Å². The molecule has 3 aromatic heterocycles. The van der Waals surface area contributed by atoms with Crippen LogP contribution >= 0.6 is 0 Å². The van der Waals surface area contributed by atoms with E-state index in [1.165, 1.54) is 10.8 Å². The number of hydrogen-bond donors (Lipinski definition) is 2. The Morgan fingerprint density at radius 2 is 1.02 bits per heavy atom. The lowest BCUT2D eigenvalue weighted by Crippen LogP contribution is -2.25. The predicted octanol–water partition coefficient (Wildman–Crippen LogP) is 13.3. The van der Waals surface area contributed by atoms with E-state index in [2.05, 4.69) is 160 Å². The SMILES string of the molecule is N=C(/N=C(\Nn1c2ccccc2c2c1ccc1c3ccccc3n(-c3ccccc3)c12)c1ccccc1)c1cccc(-c2cc(-c3ccccc3)cc(-c3ccccc3)n2)c1. The van der Waals surface area contributed by atoms with E-state index in [9.17, 15) is 5.41 Å². The van der Waals surface area contributed by atoms with Crippen molar-refractivity contribution in [2.24, 2.45) is 4.99 Å². The summed E-state index contributed by atoms with van der Waals surface area (Å²) in [5.74, 6) is 0.681. The number of pyridine rings is 1. The third-order valence-corrected chi connectivity index (χ3v) is 11.4. The van der Waals surface area contributed by atoms with Crippen molar-refractivity contribution in [3.63, 3.8) is 0 Å². The fourth-order valence-electron chi connectivity index (χ4n) is 8.57. The Kier molecular flexibility index (Phi) is 8.86. The number of benzene rings is 8. The molecule has 61 heavy (non-hydrogen) atoms. The first kappa shape index (κ1) is 35.8. The van der Waals surface area contributed by atoms with Crippen LogP contribution in [0.15, 0.2) is 223 Å². The van der Waals surface area contributed by atoms with Gasteiger partial charge in [-0.15, -0.1) is 0 Å². The van der Waals surface area contributed by atoms with Crippen LogP contribution in [0.5, 0.6) is 0 Å². The zero-order valence-corrected chi connectivity index (χ0v) is 33.1. The summed E-state index contributed by atoms with van der Waals surface area (Å²) >= 11 is 0. The molecule has 288 valence electrons. The molecule has 0 atom stereocenters. The number of nitrogens with one attached hydrogen (secondary N) is 2. The minimum Gasteiger partial charge on any atom is -0.309 e. The molecule has 11 rings (SSSR count). The molecule has 0 aliphatic carbocycles.